The summed E-state index contributed by atoms with van der Waals surface area (Å²) in [4.78, 5) is 0. The van der Waals surface area contributed by atoms with Gasteiger partial charge in [-0.1, -0.05) is 31.9 Å². The molecule has 2 rings (SSSR count). The molecule has 0 saturated heterocycles. The topological polar surface area (TPSA) is 12.0 Å². The highest BCUT2D eigenvalue weighted by atomic mass is 79.9. The Labute approximate surface area is 107 Å². The highest BCUT2D eigenvalue weighted by Crippen LogP contribution is 2.29. The monoisotopic (exact) mass is 281 g/mol. The van der Waals surface area contributed by atoms with Crippen LogP contribution in [0.1, 0.15) is 32.6 Å². The molecular formula is C14H20BrN. The van der Waals surface area contributed by atoms with E-state index in [1.54, 1.807) is 0 Å². The lowest BCUT2D eigenvalue weighted by molar-refractivity contribution is 0.300. The van der Waals surface area contributed by atoms with Gasteiger partial charge in [0.1, 0.15) is 0 Å². The molecule has 1 nitrogen and oxygen atoms in total. The van der Waals surface area contributed by atoms with Gasteiger partial charge in [-0.05, 0) is 52.7 Å². The first kappa shape index (κ1) is 12.0. The number of rotatable bonds is 3. The Kier molecular flexibility index (Phi) is 4.28. The summed E-state index contributed by atoms with van der Waals surface area (Å²) in [6.45, 7) is 3.49. The summed E-state index contributed by atoms with van der Waals surface area (Å²) in [5, 5.41) is 3.55. The lowest BCUT2D eigenvalue weighted by Gasteiger charge is -2.26. The molecule has 1 aromatic rings. The van der Waals surface area contributed by atoms with E-state index in [2.05, 4.69) is 52.4 Å². The van der Waals surface area contributed by atoms with E-state index in [0.29, 0.717) is 0 Å². The fraction of sp³-hybridized carbons (Fsp3) is 0.571. The van der Waals surface area contributed by atoms with E-state index >= 15 is 0 Å². The summed E-state index contributed by atoms with van der Waals surface area (Å²) < 4.78 is 1.17. The quantitative estimate of drug-likeness (QED) is 0.848. The Balaban J connectivity index is 1.81. The summed E-state index contributed by atoms with van der Waals surface area (Å²) in [7, 11) is 0. The molecule has 0 atom stereocenters. The molecular weight excluding hydrogens is 262 g/mol. The molecule has 1 aliphatic rings. The third-order valence-electron chi connectivity index (χ3n) is 3.59. The predicted octanol–water partition coefficient (Wildman–Crippen LogP) is 4.69. The molecule has 16 heavy (non-hydrogen) atoms. The molecule has 0 spiro atoms. The second kappa shape index (κ2) is 5.72. The first-order valence-electron chi connectivity index (χ1n) is 6.24. The molecule has 2 heteroatoms. The van der Waals surface area contributed by atoms with E-state index in [1.807, 2.05) is 0 Å². The number of para-hydroxylation sites is 1. The van der Waals surface area contributed by atoms with Crippen molar-refractivity contribution in [1.29, 1.82) is 0 Å². The molecule has 0 heterocycles. The minimum absolute atomic E-state index is 0.864. The standard InChI is InChI=1S/C14H20BrN/c1-11-6-8-12(9-7-11)10-16-14-5-3-2-4-13(14)15/h2-5,11-12,16H,6-10H2,1H3. The number of benzene rings is 1. The van der Waals surface area contributed by atoms with Crippen molar-refractivity contribution in [2.45, 2.75) is 32.6 Å². The van der Waals surface area contributed by atoms with Crippen molar-refractivity contribution >= 4 is 21.6 Å². The van der Waals surface area contributed by atoms with Gasteiger partial charge in [-0.15, -0.1) is 0 Å². The SMILES string of the molecule is CC1CCC(CNc2ccccc2Br)CC1. The molecule has 0 aliphatic heterocycles. The molecule has 0 aromatic heterocycles. The number of anilines is 1. The Bertz CT molecular complexity index is 329. The number of hydrogen-bond donors (Lipinski definition) is 1. The summed E-state index contributed by atoms with van der Waals surface area (Å²) in [6, 6.07) is 8.36. The lowest BCUT2D eigenvalue weighted by Crippen LogP contribution is -2.20. The molecule has 1 aromatic carbocycles. The van der Waals surface area contributed by atoms with E-state index in [0.717, 1.165) is 18.4 Å². The molecule has 0 radical (unpaired) electrons. The highest BCUT2D eigenvalue weighted by Gasteiger charge is 2.17. The Morgan fingerprint density at radius 1 is 1.19 bits per heavy atom. The van der Waals surface area contributed by atoms with Gasteiger partial charge in [0.25, 0.3) is 0 Å². The number of nitrogens with one attached hydrogen (secondary N) is 1. The molecule has 0 bridgehead atoms. The van der Waals surface area contributed by atoms with E-state index in [4.69, 9.17) is 0 Å². The number of halogens is 1. The smallest absolute Gasteiger partial charge is 0.0484 e. The van der Waals surface area contributed by atoms with Crippen molar-refractivity contribution in [2.24, 2.45) is 11.8 Å². The maximum absolute atomic E-state index is 3.57. The van der Waals surface area contributed by atoms with Crippen molar-refractivity contribution in [3.8, 4) is 0 Å². The first-order chi connectivity index (χ1) is 7.75. The average Bonchev–Trinajstić information content (AvgIpc) is 2.30. The van der Waals surface area contributed by atoms with Gasteiger partial charge in [0.2, 0.25) is 0 Å². The molecule has 1 N–H and O–H groups in total. The second-order valence-corrected chi connectivity index (χ2v) is 5.84. The van der Waals surface area contributed by atoms with Crippen molar-refractivity contribution < 1.29 is 0 Å². The van der Waals surface area contributed by atoms with Crippen LogP contribution in [0.3, 0.4) is 0 Å². The van der Waals surface area contributed by atoms with Crippen molar-refractivity contribution in [2.75, 3.05) is 11.9 Å². The Morgan fingerprint density at radius 3 is 2.56 bits per heavy atom. The molecule has 0 unspecified atom stereocenters. The molecule has 1 aliphatic carbocycles. The van der Waals surface area contributed by atoms with E-state index in [-0.39, 0.29) is 0 Å². The molecule has 0 amide bonds. The summed E-state index contributed by atoms with van der Waals surface area (Å²) in [5.74, 6) is 1.81. The highest BCUT2D eigenvalue weighted by molar-refractivity contribution is 9.10. The van der Waals surface area contributed by atoms with Gasteiger partial charge < -0.3 is 5.32 Å². The van der Waals surface area contributed by atoms with Crippen LogP contribution >= 0.6 is 15.9 Å². The summed E-state index contributed by atoms with van der Waals surface area (Å²) >= 11 is 3.57. The van der Waals surface area contributed by atoms with E-state index in [9.17, 15) is 0 Å². The zero-order valence-electron chi connectivity index (χ0n) is 9.88. The van der Waals surface area contributed by atoms with Gasteiger partial charge in [0.15, 0.2) is 0 Å². The maximum Gasteiger partial charge on any atom is 0.0484 e. The molecule has 88 valence electrons. The molecule has 1 fully saturated rings. The van der Waals surface area contributed by atoms with Gasteiger partial charge in [0, 0.05) is 16.7 Å². The van der Waals surface area contributed by atoms with Crippen LogP contribution in [0.25, 0.3) is 0 Å². The van der Waals surface area contributed by atoms with Gasteiger partial charge in [0.05, 0.1) is 0 Å². The fourth-order valence-corrected chi connectivity index (χ4v) is 2.82. The Morgan fingerprint density at radius 2 is 1.88 bits per heavy atom. The average molecular weight is 282 g/mol. The van der Waals surface area contributed by atoms with Crippen LogP contribution in [0, 0.1) is 11.8 Å². The first-order valence-corrected chi connectivity index (χ1v) is 7.03. The third-order valence-corrected chi connectivity index (χ3v) is 4.28. The molecule has 1 saturated carbocycles. The fourth-order valence-electron chi connectivity index (χ4n) is 2.39. The normalized spacial score (nSPS) is 25.4. The van der Waals surface area contributed by atoms with Gasteiger partial charge in [-0.25, -0.2) is 0 Å². The van der Waals surface area contributed by atoms with Crippen LogP contribution in [-0.4, -0.2) is 6.54 Å². The van der Waals surface area contributed by atoms with Crippen LogP contribution in [0.15, 0.2) is 28.7 Å². The van der Waals surface area contributed by atoms with E-state index in [1.165, 1.54) is 35.8 Å². The second-order valence-electron chi connectivity index (χ2n) is 4.99. The Hall–Kier alpha value is -0.500. The zero-order chi connectivity index (χ0) is 11.4. The van der Waals surface area contributed by atoms with Gasteiger partial charge >= 0.3 is 0 Å². The lowest BCUT2D eigenvalue weighted by atomic mass is 9.83. The van der Waals surface area contributed by atoms with E-state index < -0.39 is 0 Å². The van der Waals surface area contributed by atoms with Crippen LogP contribution in [0.5, 0.6) is 0 Å². The zero-order valence-corrected chi connectivity index (χ0v) is 11.5. The van der Waals surface area contributed by atoms with Crippen molar-refractivity contribution in [1.82, 2.24) is 0 Å². The number of hydrogen-bond acceptors (Lipinski definition) is 1. The summed E-state index contributed by atoms with van der Waals surface area (Å²) in [5.41, 5.74) is 1.22. The van der Waals surface area contributed by atoms with Crippen molar-refractivity contribution in [3.05, 3.63) is 28.7 Å². The minimum atomic E-state index is 0.864. The maximum atomic E-state index is 3.57. The minimum Gasteiger partial charge on any atom is -0.384 e. The summed E-state index contributed by atoms with van der Waals surface area (Å²) in [6.07, 6.45) is 5.59. The van der Waals surface area contributed by atoms with Gasteiger partial charge in [-0.3, -0.25) is 0 Å². The van der Waals surface area contributed by atoms with Crippen LogP contribution in [0.2, 0.25) is 0 Å². The van der Waals surface area contributed by atoms with Crippen LogP contribution < -0.4 is 5.32 Å². The van der Waals surface area contributed by atoms with Crippen molar-refractivity contribution in [3.63, 3.8) is 0 Å². The van der Waals surface area contributed by atoms with Crippen LogP contribution in [0.4, 0.5) is 5.69 Å². The van der Waals surface area contributed by atoms with Gasteiger partial charge in [-0.2, -0.15) is 0 Å². The third kappa shape index (κ3) is 3.24. The van der Waals surface area contributed by atoms with Crippen LogP contribution in [-0.2, 0) is 0 Å². The largest absolute Gasteiger partial charge is 0.384 e. The predicted molar refractivity (Wildman–Crippen MR) is 73.8 cm³/mol.